The van der Waals surface area contributed by atoms with E-state index in [4.69, 9.17) is 9.47 Å². The molecule has 2 aromatic rings. The normalized spacial score (nSPS) is 10.2. The van der Waals surface area contributed by atoms with Crippen LogP contribution in [0.3, 0.4) is 0 Å². The summed E-state index contributed by atoms with van der Waals surface area (Å²) in [6, 6.07) is 11.9. The van der Waals surface area contributed by atoms with Gasteiger partial charge in [-0.15, -0.1) is 0 Å². The molecule has 2 aromatic carbocycles. The number of amides is 1. The van der Waals surface area contributed by atoms with Gasteiger partial charge in [-0.05, 0) is 43.7 Å². The molecular formula is C22H25NO5. The first-order chi connectivity index (χ1) is 13.4. The largest absolute Gasteiger partial charge is 0.496 e. The van der Waals surface area contributed by atoms with Crippen molar-refractivity contribution in [3.05, 3.63) is 59.2 Å². The fourth-order valence-electron chi connectivity index (χ4n) is 2.63. The zero-order chi connectivity index (χ0) is 20.5. The van der Waals surface area contributed by atoms with Gasteiger partial charge in [0.15, 0.2) is 5.78 Å². The molecule has 0 radical (unpaired) electrons. The van der Waals surface area contributed by atoms with Crippen molar-refractivity contribution in [3.63, 3.8) is 0 Å². The zero-order valence-electron chi connectivity index (χ0n) is 16.4. The number of anilines is 1. The predicted molar refractivity (Wildman–Crippen MR) is 107 cm³/mol. The lowest BCUT2D eigenvalue weighted by Crippen LogP contribution is -2.14. The lowest BCUT2D eigenvalue weighted by molar-refractivity contribution is -0.116. The van der Waals surface area contributed by atoms with E-state index < -0.39 is 5.97 Å². The Labute approximate surface area is 164 Å². The lowest BCUT2D eigenvalue weighted by atomic mass is 10.0. The highest BCUT2D eigenvalue weighted by Crippen LogP contribution is 2.22. The predicted octanol–water partition coefficient (Wildman–Crippen LogP) is 4.17. The summed E-state index contributed by atoms with van der Waals surface area (Å²) >= 11 is 0. The minimum Gasteiger partial charge on any atom is -0.496 e. The molecule has 0 spiro atoms. The maximum Gasteiger partial charge on any atom is 0.338 e. The molecule has 1 amide bonds. The molecule has 1 N–H and O–H groups in total. The second-order valence-corrected chi connectivity index (χ2v) is 6.39. The average Bonchev–Trinajstić information content (AvgIpc) is 2.70. The number of carbonyl (C=O) groups is 3. The first-order valence-corrected chi connectivity index (χ1v) is 9.19. The summed E-state index contributed by atoms with van der Waals surface area (Å²) in [6.45, 7) is 4.15. The van der Waals surface area contributed by atoms with Gasteiger partial charge in [-0.2, -0.15) is 0 Å². The average molecular weight is 383 g/mol. The van der Waals surface area contributed by atoms with E-state index in [1.54, 1.807) is 36.4 Å². The third-order valence-corrected chi connectivity index (χ3v) is 4.05. The minimum absolute atomic E-state index is 0.0282. The number of aryl methyl sites for hydroxylation is 1. The quantitative estimate of drug-likeness (QED) is 0.519. The Hall–Kier alpha value is -3.15. The smallest absolute Gasteiger partial charge is 0.338 e. The number of methoxy groups -OCH3 is 1. The van der Waals surface area contributed by atoms with E-state index in [1.807, 2.05) is 19.9 Å². The maximum absolute atomic E-state index is 12.5. The van der Waals surface area contributed by atoms with Crippen LogP contribution in [0, 0.1) is 6.92 Å². The first-order valence-electron chi connectivity index (χ1n) is 9.19. The van der Waals surface area contributed by atoms with E-state index in [0.717, 1.165) is 12.0 Å². The van der Waals surface area contributed by atoms with Gasteiger partial charge in [0.05, 0.1) is 24.8 Å². The second kappa shape index (κ2) is 10.3. The van der Waals surface area contributed by atoms with Gasteiger partial charge in [-0.3, -0.25) is 9.59 Å². The van der Waals surface area contributed by atoms with E-state index in [-0.39, 0.29) is 24.5 Å². The number of Topliss-reactive ketones (excluding diaryl/α,β-unsaturated/α-hetero) is 1. The van der Waals surface area contributed by atoms with Gasteiger partial charge in [0.25, 0.3) is 0 Å². The van der Waals surface area contributed by atoms with Crippen molar-refractivity contribution >= 4 is 23.3 Å². The van der Waals surface area contributed by atoms with Crippen molar-refractivity contribution in [1.82, 2.24) is 0 Å². The van der Waals surface area contributed by atoms with Crippen LogP contribution < -0.4 is 10.1 Å². The van der Waals surface area contributed by atoms with Crippen LogP contribution in [-0.4, -0.2) is 31.4 Å². The summed E-state index contributed by atoms with van der Waals surface area (Å²) in [5.74, 6) is -0.402. The van der Waals surface area contributed by atoms with Crippen molar-refractivity contribution < 1.29 is 23.9 Å². The molecule has 0 aliphatic rings. The molecule has 0 saturated carbocycles. The molecule has 2 rings (SSSR count). The van der Waals surface area contributed by atoms with E-state index in [1.165, 1.54) is 7.11 Å². The van der Waals surface area contributed by atoms with E-state index >= 15 is 0 Å². The van der Waals surface area contributed by atoms with Crippen molar-refractivity contribution in [2.45, 2.75) is 33.1 Å². The summed E-state index contributed by atoms with van der Waals surface area (Å²) in [7, 11) is 1.51. The molecule has 0 aliphatic carbocycles. The van der Waals surface area contributed by atoms with Gasteiger partial charge in [-0.25, -0.2) is 4.79 Å². The molecule has 0 atom stereocenters. The van der Waals surface area contributed by atoms with Gasteiger partial charge in [-0.1, -0.05) is 24.6 Å². The van der Waals surface area contributed by atoms with Crippen molar-refractivity contribution in [3.8, 4) is 5.75 Å². The molecule has 0 saturated heterocycles. The number of rotatable bonds is 9. The van der Waals surface area contributed by atoms with Gasteiger partial charge in [0.1, 0.15) is 5.75 Å². The van der Waals surface area contributed by atoms with E-state index in [0.29, 0.717) is 29.2 Å². The number of hydrogen-bond donors (Lipinski definition) is 1. The van der Waals surface area contributed by atoms with E-state index in [2.05, 4.69) is 5.32 Å². The van der Waals surface area contributed by atoms with Crippen LogP contribution in [0.5, 0.6) is 5.75 Å². The van der Waals surface area contributed by atoms with Crippen LogP contribution in [-0.2, 0) is 9.53 Å². The number of ketones is 1. The third kappa shape index (κ3) is 5.94. The standard InChI is InChI=1S/C22H25NO5/c1-4-12-28-22(26)16-6-5-7-17(14-16)23-21(25)11-9-19(24)18-13-15(2)8-10-20(18)27-3/h5-8,10,13-14H,4,9,11-12H2,1-3H3,(H,23,25). The summed E-state index contributed by atoms with van der Waals surface area (Å²) in [4.78, 5) is 36.6. The first kappa shape index (κ1) is 21.2. The van der Waals surface area contributed by atoms with Crippen LogP contribution in [0.15, 0.2) is 42.5 Å². The summed E-state index contributed by atoms with van der Waals surface area (Å²) in [5.41, 5.74) is 2.26. The Morgan fingerprint density at radius 3 is 2.54 bits per heavy atom. The summed E-state index contributed by atoms with van der Waals surface area (Å²) < 4.78 is 10.3. The highest BCUT2D eigenvalue weighted by molar-refractivity contribution is 6.02. The van der Waals surface area contributed by atoms with Crippen LogP contribution in [0.2, 0.25) is 0 Å². The maximum atomic E-state index is 12.5. The molecule has 148 valence electrons. The van der Waals surface area contributed by atoms with Crippen LogP contribution in [0.1, 0.15) is 52.5 Å². The Morgan fingerprint density at radius 2 is 1.82 bits per heavy atom. The molecule has 0 aliphatic heterocycles. The molecule has 0 heterocycles. The van der Waals surface area contributed by atoms with Crippen LogP contribution in [0.25, 0.3) is 0 Å². The van der Waals surface area contributed by atoms with Crippen molar-refractivity contribution in [2.75, 3.05) is 19.0 Å². The van der Waals surface area contributed by atoms with Crippen LogP contribution >= 0.6 is 0 Å². The number of carbonyl (C=O) groups excluding carboxylic acids is 3. The Morgan fingerprint density at radius 1 is 1.04 bits per heavy atom. The molecule has 0 unspecified atom stereocenters. The zero-order valence-corrected chi connectivity index (χ0v) is 16.4. The van der Waals surface area contributed by atoms with Crippen molar-refractivity contribution in [2.24, 2.45) is 0 Å². The van der Waals surface area contributed by atoms with Crippen LogP contribution in [0.4, 0.5) is 5.69 Å². The second-order valence-electron chi connectivity index (χ2n) is 6.39. The van der Waals surface area contributed by atoms with Crippen molar-refractivity contribution in [1.29, 1.82) is 0 Å². The third-order valence-electron chi connectivity index (χ3n) is 4.05. The Kier molecular flexibility index (Phi) is 7.75. The molecule has 6 nitrogen and oxygen atoms in total. The highest BCUT2D eigenvalue weighted by Gasteiger charge is 2.15. The summed E-state index contributed by atoms with van der Waals surface area (Å²) in [6.07, 6.45) is 0.826. The molecular weight excluding hydrogens is 358 g/mol. The lowest BCUT2D eigenvalue weighted by Gasteiger charge is -2.09. The molecule has 6 heteroatoms. The van der Waals surface area contributed by atoms with E-state index in [9.17, 15) is 14.4 Å². The number of nitrogens with one attached hydrogen (secondary N) is 1. The molecule has 0 fully saturated rings. The number of esters is 1. The van der Waals surface area contributed by atoms with Gasteiger partial charge >= 0.3 is 5.97 Å². The molecule has 0 aromatic heterocycles. The van der Waals surface area contributed by atoms with Gasteiger partial charge in [0.2, 0.25) is 5.91 Å². The summed E-state index contributed by atoms with van der Waals surface area (Å²) in [5, 5.41) is 2.71. The highest BCUT2D eigenvalue weighted by atomic mass is 16.5. The molecule has 28 heavy (non-hydrogen) atoms. The topological polar surface area (TPSA) is 81.7 Å². The number of hydrogen-bond acceptors (Lipinski definition) is 5. The Bertz CT molecular complexity index is 860. The number of ether oxygens (including phenoxy) is 2. The number of benzene rings is 2. The SMILES string of the molecule is CCCOC(=O)c1cccc(NC(=O)CCC(=O)c2cc(C)ccc2OC)c1. The molecule has 0 bridgehead atoms. The van der Waals surface area contributed by atoms with Gasteiger partial charge < -0.3 is 14.8 Å². The fraction of sp³-hybridized carbons (Fsp3) is 0.318. The van der Waals surface area contributed by atoms with Gasteiger partial charge in [0, 0.05) is 18.5 Å². The Balaban J connectivity index is 1.95. The monoisotopic (exact) mass is 383 g/mol. The fourth-order valence-corrected chi connectivity index (χ4v) is 2.63. The minimum atomic E-state index is -0.431.